The van der Waals surface area contributed by atoms with Gasteiger partial charge in [0.05, 0.1) is 12.0 Å². The van der Waals surface area contributed by atoms with Crippen LogP contribution in [0.3, 0.4) is 0 Å². The molecule has 1 heterocycles. The molecule has 1 aliphatic rings. The fourth-order valence-corrected chi connectivity index (χ4v) is 3.09. The maximum absolute atomic E-state index is 12.7. The van der Waals surface area contributed by atoms with Gasteiger partial charge in [-0.05, 0) is 48.6 Å². The number of hydrogen-bond donors (Lipinski definition) is 1. The highest BCUT2D eigenvalue weighted by molar-refractivity contribution is 5.98. The molecular weight excluding hydrogens is 290 g/mol. The molecule has 0 fully saturated rings. The molecule has 1 amide bonds. The van der Waals surface area contributed by atoms with Crippen molar-refractivity contribution in [1.29, 1.82) is 0 Å². The standard InChI is InChI=1S/C19H19NO3/c1-13-8-9-14-6-4-10-20(17(14)11-13)18(21)12-15-5-2-3-7-16(15)19(22)23/h2-3,5,7-9,11H,4,6,10,12H2,1H3,(H,22,23). The van der Waals surface area contributed by atoms with Gasteiger partial charge in [-0.25, -0.2) is 4.79 Å². The first-order valence-electron chi connectivity index (χ1n) is 7.77. The van der Waals surface area contributed by atoms with Gasteiger partial charge in [-0.15, -0.1) is 0 Å². The highest BCUT2D eigenvalue weighted by Crippen LogP contribution is 2.29. The number of amides is 1. The van der Waals surface area contributed by atoms with Crippen molar-refractivity contribution in [2.45, 2.75) is 26.2 Å². The van der Waals surface area contributed by atoms with Crippen LogP contribution < -0.4 is 4.90 Å². The zero-order valence-corrected chi connectivity index (χ0v) is 13.1. The summed E-state index contributed by atoms with van der Waals surface area (Å²) in [4.78, 5) is 25.8. The number of carboxylic acid groups (broad SMARTS) is 1. The molecule has 4 nitrogen and oxygen atoms in total. The predicted octanol–water partition coefficient (Wildman–Crippen LogP) is 3.22. The number of carboxylic acids is 1. The minimum Gasteiger partial charge on any atom is -0.478 e. The highest BCUT2D eigenvalue weighted by atomic mass is 16.4. The molecule has 1 aliphatic heterocycles. The van der Waals surface area contributed by atoms with E-state index in [0.717, 1.165) is 24.1 Å². The Morgan fingerprint density at radius 3 is 2.74 bits per heavy atom. The van der Waals surface area contributed by atoms with Crippen LogP contribution in [0.2, 0.25) is 0 Å². The Balaban J connectivity index is 1.89. The molecule has 2 aromatic rings. The van der Waals surface area contributed by atoms with Crippen molar-refractivity contribution in [3.63, 3.8) is 0 Å². The van der Waals surface area contributed by atoms with E-state index in [9.17, 15) is 14.7 Å². The smallest absolute Gasteiger partial charge is 0.335 e. The quantitative estimate of drug-likeness (QED) is 0.947. The lowest BCUT2D eigenvalue weighted by Gasteiger charge is -2.30. The Bertz CT molecular complexity index is 767. The number of carbonyl (C=O) groups is 2. The lowest BCUT2D eigenvalue weighted by Crippen LogP contribution is -2.36. The van der Waals surface area contributed by atoms with E-state index in [4.69, 9.17) is 0 Å². The van der Waals surface area contributed by atoms with Crippen LogP contribution >= 0.6 is 0 Å². The van der Waals surface area contributed by atoms with Crippen LogP contribution in [0.15, 0.2) is 42.5 Å². The third-order valence-corrected chi connectivity index (χ3v) is 4.25. The van der Waals surface area contributed by atoms with E-state index < -0.39 is 5.97 Å². The molecule has 1 N–H and O–H groups in total. The number of benzene rings is 2. The Morgan fingerprint density at radius 1 is 1.17 bits per heavy atom. The van der Waals surface area contributed by atoms with E-state index in [-0.39, 0.29) is 17.9 Å². The SMILES string of the molecule is Cc1ccc2c(c1)N(C(=O)Cc1ccccc1C(=O)O)CCC2. The molecular formula is C19H19NO3. The first-order valence-corrected chi connectivity index (χ1v) is 7.77. The van der Waals surface area contributed by atoms with Gasteiger partial charge in [0.1, 0.15) is 0 Å². The Labute approximate surface area is 135 Å². The molecule has 118 valence electrons. The number of carbonyl (C=O) groups excluding carboxylic acids is 1. The normalized spacial score (nSPS) is 13.5. The molecule has 0 aromatic heterocycles. The summed E-state index contributed by atoms with van der Waals surface area (Å²) in [5, 5.41) is 9.26. The summed E-state index contributed by atoms with van der Waals surface area (Å²) in [6, 6.07) is 12.9. The number of hydrogen-bond acceptors (Lipinski definition) is 2. The zero-order chi connectivity index (χ0) is 16.4. The molecule has 0 saturated heterocycles. The van der Waals surface area contributed by atoms with Gasteiger partial charge < -0.3 is 10.0 Å². The lowest BCUT2D eigenvalue weighted by atomic mass is 9.98. The highest BCUT2D eigenvalue weighted by Gasteiger charge is 2.23. The van der Waals surface area contributed by atoms with Gasteiger partial charge in [0.15, 0.2) is 0 Å². The van der Waals surface area contributed by atoms with Gasteiger partial charge in [-0.3, -0.25) is 4.79 Å². The summed E-state index contributed by atoms with van der Waals surface area (Å²) in [5.74, 6) is -1.05. The molecule has 0 radical (unpaired) electrons. The van der Waals surface area contributed by atoms with Crippen LogP contribution in [-0.2, 0) is 17.6 Å². The van der Waals surface area contributed by atoms with Crippen molar-refractivity contribution in [3.05, 3.63) is 64.7 Å². The minimum atomic E-state index is -0.997. The van der Waals surface area contributed by atoms with Crippen LogP contribution in [0.4, 0.5) is 5.69 Å². The number of aryl methyl sites for hydroxylation is 2. The maximum Gasteiger partial charge on any atom is 0.335 e. The van der Waals surface area contributed by atoms with E-state index in [0.29, 0.717) is 12.1 Å². The van der Waals surface area contributed by atoms with Crippen molar-refractivity contribution >= 4 is 17.6 Å². The molecule has 0 aliphatic carbocycles. The molecule has 0 atom stereocenters. The van der Waals surface area contributed by atoms with Crippen LogP contribution in [0.1, 0.15) is 33.5 Å². The van der Waals surface area contributed by atoms with Crippen LogP contribution in [0, 0.1) is 6.92 Å². The van der Waals surface area contributed by atoms with E-state index in [2.05, 4.69) is 12.1 Å². The van der Waals surface area contributed by atoms with Gasteiger partial charge in [0.25, 0.3) is 0 Å². The van der Waals surface area contributed by atoms with Crippen molar-refractivity contribution in [2.75, 3.05) is 11.4 Å². The van der Waals surface area contributed by atoms with Crippen LogP contribution in [0.25, 0.3) is 0 Å². The number of rotatable bonds is 3. The summed E-state index contributed by atoms with van der Waals surface area (Å²) >= 11 is 0. The molecule has 0 saturated carbocycles. The summed E-state index contributed by atoms with van der Waals surface area (Å²) in [6.07, 6.45) is 2.02. The summed E-state index contributed by atoms with van der Waals surface area (Å²) < 4.78 is 0. The molecule has 23 heavy (non-hydrogen) atoms. The van der Waals surface area contributed by atoms with Crippen molar-refractivity contribution in [2.24, 2.45) is 0 Å². The molecule has 4 heteroatoms. The van der Waals surface area contributed by atoms with E-state index in [1.54, 1.807) is 29.2 Å². The predicted molar refractivity (Wildman–Crippen MR) is 89.0 cm³/mol. The van der Waals surface area contributed by atoms with Crippen molar-refractivity contribution in [3.8, 4) is 0 Å². The largest absolute Gasteiger partial charge is 0.478 e. The maximum atomic E-state index is 12.7. The van der Waals surface area contributed by atoms with Gasteiger partial charge in [0, 0.05) is 12.2 Å². The average molecular weight is 309 g/mol. The monoisotopic (exact) mass is 309 g/mol. The number of fused-ring (bicyclic) bond motifs is 1. The average Bonchev–Trinajstić information content (AvgIpc) is 2.54. The minimum absolute atomic E-state index is 0.0507. The van der Waals surface area contributed by atoms with E-state index in [1.165, 1.54) is 5.56 Å². The third kappa shape index (κ3) is 3.11. The third-order valence-electron chi connectivity index (χ3n) is 4.25. The second-order valence-corrected chi connectivity index (χ2v) is 5.92. The fraction of sp³-hybridized carbons (Fsp3) is 0.263. The summed E-state index contributed by atoms with van der Waals surface area (Å²) in [6.45, 7) is 2.70. The van der Waals surface area contributed by atoms with Crippen LogP contribution in [0.5, 0.6) is 0 Å². The van der Waals surface area contributed by atoms with Crippen LogP contribution in [-0.4, -0.2) is 23.5 Å². The fourth-order valence-electron chi connectivity index (χ4n) is 3.09. The van der Waals surface area contributed by atoms with Gasteiger partial charge in [-0.1, -0.05) is 30.3 Å². The number of anilines is 1. The van der Waals surface area contributed by atoms with Gasteiger partial charge >= 0.3 is 5.97 Å². The molecule has 0 bridgehead atoms. The zero-order valence-electron chi connectivity index (χ0n) is 13.1. The van der Waals surface area contributed by atoms with E-state index >= 15 is 0 Å². The van der Waals surface area contributed by atoms with E-state index in [1.807, 2.05) is 13.0 Å². The summed E-state index contributed by atoms with van der Waals surface area (Å²) in [7, 11) is 0. The van der Waals surface area contributed by atoms with Crippen molar-refractivity contribution < 1.29 is 14.7 Å². The first-order chi connectivity index (χ1) is 11.1. The molecule has 0 spiro atoms. The Kier molecular flexibility index (Phi) is 4.15. The Morgan fingerprint density at radius 2 is 1.96 bits per heavy atom. The number of nitrogens with zero attached hydrogens (tertiary/aromatic N) is 1. The second-order valence-electron chi connectivity index (χ2n) is 5.92. The molecule has 0 unspecified atom stereocenters. The molecule has 2 aromatic carbocycles. The first kappa shape index (κ1) is 15.3. The van der Waals surface area contributed by atoms with Crippen molar-refractivity contribution in [1.82, 2.24) is 0 Å². The lowest BCUT2D eigenvalue weighted by molar-refractivity contribution is -0.118. The topological polar surface area (TPSA) is 57.6 Å². The molecule has 3 rings (SSSR count). The summed E-state index contributed by atoms with van der Waals surface area (Å²) in [5.41, 5.74) is 4.03. The van der Waals surface area contributed by atoms with Gasteiger partial charge in [-0.2, -0.15) is 0 Å². The second kappa shape index (κ2) is 6.24. The number of aromatic carboxylic acids is 1. The Hall–Kier alpha value is -2.62. The van der Waals surface area contributed by atoms with Gasteiger partial charge in [0.2, 0.25) is 5.91 Å².